The highest BCUT2D eigenvalue weighted by Crippen LogP contribution is 2.46. The van der Waals surface area contributed by atoms with Gasteiger partial charge in [-0.1, -0.05) is 30.1 Å². The minimum absolute atomic E-state index is 0.0341. The van der Waals surface area contributed by atoms with Crippen molar-refractivity contribution >= 4 is 5.91 Å². The van der Waals surface area contributed by atoms with Gasteiger partial charge in [-0.2, -0.15) is 4.98 Å². The van der Waals surface area contributed by atoms with E-state index in [9.17, 15) is 9.18 Å². The summed E-state index contributed by atoms with van der Waals surface area (Å²) in [6, 6.07) is 6.31. The normalized spacial score (nSPS) is 25.0. The molecule has 5 nitrogen and oxygen atoms in total. The standard InChI is InChI=1S/C17H18FN3O2/c18-13-8-4-3-7-12(13)14-20-16(23-21-14)17(9-10-19-15(17)22)11-5-1-2-6-11/h3-4,7-8,11H,1-2,5-6,9-10H2,(H,19,22). The Kier molecular flexibility index (Phi) is 3.39. The maximum atomic E-state index is 13.9. The van der Waals surface area contributed by atoms with Gasteiger partial charge in [0.05, 0.1) is 5.56 Å². The molecule has 1 aliphatic heterocycles. The molecule has 120 valence electrons. The molecule has 4 rings (SSSR count). The van der Waals surface area contributed by atoms with E-state index in [0.29, 0.717) is 24.4 Å². The molecule has 1 amide bonds. The van der Waals surface area contributed by atoms with E-state index in [0.717, 1.165) is 25.7 Å². The van der Waals surface area contributed by atoms with Crippen LogP contribution in [0.2, 0.25) is 0 Å². The molecule has 2 heterocycles. The molecular weight excluding hydrogens is 297 g/mol. The molecule has 1 aromatic heterocycles. The third-order valence-electron chi connectivity index (χ3n) is 5.18. The Morgan fingerprint density at radius 1 is 1.26 bits per heavy atom. The van der Waals surface area contributed by atoms with Crippen molar-refractivity contribution in [2.75, 3.05) is 6.54 Å². The van der Waals surface area contributed by atoms with Crippen molar-refractivity contribution in [3.8, 4) is 11.4 Å². The zero-order chi connectivity index (χ0) is 15.9. The predicted octanol–water partition coefficient (Wildman–Crippen LogP) is 2.82. The second-order valence-electron chi connectivity index (χ2n) is 6.36. The van der Waals surface area contributed by atoms with Gasteiger partial charge in [0.1, 0.15) is 11.2 Å². The second-order valence-corrected chi connectivity index (χ2v) is 6.36. The van der Waals surface area contributed by atoms with Crippen molar-refractivity contribution < 1.29 is 13.7 Å². The third kappa shape index (κ3) is 2.16. The molecule has 1 atom stereocenters. The molecular formula is C17H18FN3O2. The highest BCUT2D eigenvalue weighted by Gasteiger charge is 2.54. The number of hydrogen-bond donors (Lipinski definition) is 1. The van der Waals surface area contributed by atoms with Crippen molar-refractivity contribution in [3.63, 3.8) is 0 Å². The van der Waals surface area contributed by atoms with Crippen molar-refractivity contribution in [2.45, 2.75) is 37.5 Å². The number of amides is 1. The number of carbonyl (C=O) groups excluding carboxylic acids is 1. The summed E-state index contributed by atoms with van der Waals surface area (Å²) in [6.07, 6.45) is 4.88. The number of aromatic nitrogens is 2. The first-order valence-electron chi connectivity index (χ1n) is 8.09. The summed E-state index contributed by atoms with van der Waals surface area (Å²) in [7, 11) is 0. The highest BCUT2D eigenvalue weighted by atomic mass is 19.1. The van der Waals surface area contributed by atoms with E-state index in [1.54, 1.807) is 18.2 Å². The smallest absolute Gasteiger partial charge is 0.243 e. The fraction of sp³-hybridized carbons (Fsp3) is 0.471. The molecule has 1 N–H and O–H groups in total. The number of nitrogens with zero attached hydrogens (tertiary/aromatic N) is 2. The van der Waals surface area contributed by atoms with Crippen LogP contribution in [-0.4, -0.2) is 22.6 Å². The molecule has 2 aliphatic rings. The number of benzene rings is 1. The van der Waals surface area contributed by atoms with E-state index in [-0.39, 0.29) is 17.6 Å². The second kappa shape index (κ2) is 5.44. The Hall–Kier alpha value is -2.24. The molecule has 0 spiro atoms. The topological polar surface area (TPSA) is 68.0 Å². The van der Waals surface area contributed by atoms with Crippen LogP contribution in [0.1, 0.15) is 38.0 Å². The van der Waals surface area contributed by atoms with Gasteiger partial charge >= 0.3 is 0 Å². The van der Waals surface area contributed by atoms with Crippen LogP contribution in [0.5, 0.6) is 0 Å². The summed E-state index contributed by atoms with van der Waals surface area (Å²) in [5.41, 5.74) is -0.449. The van der Waals surface area contributed by atoms with Gasteiger partial charge in [-0.3, -0.25) is 4.79 Å². The molecule has 6 heteroatoms. The van der Waals surface area contributed by atoms with Gasteiger partial charge in [0.2, 0.25) is 17.6 Å². The quantitative estimate of drug-likeness (QED) is 0.945. The Morgan fingerprint density at radius 2 is 2.04 bits per heavy atom. The first-order valence-corrected chi connectivity index (χ1v) is 8.09. The van der Waals surface area contributed by atoms with E-state index in [4.69, 9.17) is 4.52 Å². The molecule has 1 aromatic carbocycles. The summed E-state index contributed by atoms with van der Waals surface area (Å²) in [6.45, 7) is 0.618. The van der Waals surface area contributed by atoms with Gasteiger partial charge in [0.25, 0.3) is 0 Å². The average Bonchev–Trinajstić information content (AvgIpc) is 3.28. The fourth-order valence-corrected chi connectivity index (χ4v) is 3.99. The van der Waals surface area contributed by atoms with Crippen LogP contribution in [0.4, 0.5) is 4.39 Å². The van der Waals surface area contributed by atoms with Gasteiger partial charge in [-0.15, -0.1) is 0 Å². The minimum Gasteiger partial charge on any atom is -0.355 e. The lowest BCUT2D eigenvalue weighted by Gasteiger charge is -2.28. The number of hydrogen-bond acceptors (Lipinski definition) is 4. The van der Waals surface area contributed by atoms with Crippen molar-refractivity contribution in [2.24, 2.45) is 5.92 Å². The molecule has 1 saturated heterocycles. The summed E-state index contributed by atoms with van der Waals surface area (Å²) >= 11 is 0. The highest BCUT2D eigenvalue weighted by molar-refractivity contribution is 5.89. The van der Waals surface area contributed by atoms with Gasteiger partial charge in [0, 0.05) is 6.54 Å². The SMILES string of the molecule is O=C1NCCC1(c1nc(-c2ccccc2F)no1)C1CCCC1. The van der Waals surface area contributed by atoms with Crippen molar-refractivity contribution in [1.29, 1.82) is 0 Å². The predicted molar refractivity (Wildman–Crippen MR) is 81.0 cm³/mol. The zero-order valence-electron chi connectivity index (χ0n) is 12.7. The molecule has 1 aliphatic carbocycles. The molecule has 0 bridgehead atoms. The maximum Gasteiger partial charge on any atom is 0.243 e. The van der Waals surface area contributed by atoms with Crippen LogP contribution >= 0.6 is 0 Å². The van der Waals surface area contributed by atoms with Crippen molar-refractivity contribution in [3.05, 3.63) is 36.0 Å². The van der Waals surface area contributed by atoms with E-state index in [2.05, 4.69) is 15.5 Å². The molecule has 0 radical (unpaired) electrons. The Morgan fingerprint density at radius 3 is 2.74 bits per heavy atom. The third-order valence-corrected chi connectivity index (χ3v) is 5.18. The van der Waals surface area contributed by atoms with E-state index < -0.39 is 11.2 Å². The van der Waals surface area contributed by atoms with Crippen LogP contribution in [0.3, 0.4) is 0 Å². The average molecular weight is 315 g/mol. The van der Waals surface area contributed by atoms with Gasteiger partial charge in [-0.25, -0.2) is 4.39 Å². The van der Waals surface area contributed by atoms with Crippen LogP contribution in [-0.2, 0) is 10.2 Å². The summed E-state index contributed by atoms with van der Waals surface area (Å²) in [4.78, 5) is 17.0. The molecule has 2 aromatic rings. The van der Waals surface area contributed by atoms with Gasteiger partial charge in [0.15, 0.2) is 0 Å². The molecule has 2 fully saturated rings. The summed E-state index contributed by atoms with van der Waals surface area (Å²) in [5.74, 6) is 0.325. The summed E-state index contributed by atoms with van der Waals surface area (Å²) < 4.78 is 19.4. The van der Waals surface area contributed by atoms with Gasteiger partial charge < -0.3 is 9.84 Å². The fourth-order valence-electron chi connectivity index (χ4n) is 3.99. The number of carbonyl (C=O) groups is 1. The molecule has 1 unspecified atom stereocenters. The summed E-state index contributed by atoms with van der Waals surface area (Å²) in [5, 5.41) is 6.84. The number of rotatable bonds is 3. The zero-order valence-corrected chi connectivity index (χ0v) is 12.7. The maximum absolute atomic E-state index is 13.9. The first-order chi connectivity index (χ1) is 11.2. The lowest BCUT2D eigenvalue weighted by Crippen LogP contribution is -2.41. The Bertz CT molecular complexity index is 739. The molecule has 1 saturated carbocycles. The Balaban J connectivity index is 1.77. The number of halogens is 1. The van der Waals surface area contributed by atoms with Crippen molar-refractivity contribution in [1.82, 2.24) is 15.5 Å². The van der Waals surface area contributed by atoms with Crippen LogP contribution in [0.15, 0.2) is 28.8 Å². The van der Waals surface area contributed by atoms with E-state index >= 15 is 0 Å². The Labute approximate surface area is 133 Å². The number of nitrogens with one attached hydrogen (secondary N) is 1. The molecule has 23 heavy (non-hydrogen) atoms. The minimum atomic E-state index is -0.743. The lowest BCUT2D eigenvalue weighted by molar-refractivity contribution is -0.126. The monoisotopic (exact) mass is 315 g/mol. The van der Waals surface area contributed by atoms with Crippen LogP contribution in [0, 0.1) is 11.7 Å². The van der Waals surface area contributed by atoms with E-state index in [1.165, 1.54) is 6.07 Å². The first kappa shape index (κ1) is 14.4. The van der Waals surface area contributed by atoms with Gasteiger partial charge in [-0.05, 0) is 37.3 Å². The lowest BCUT2D eigenvalue weighted by atomic mass is 9.72. The van der Waals surface area contributed by atoms with E-state index in [1.807, 2.05) is 0 Å². The van der Waals surface area contributed by atoms with Crippen LogP contribution in [0.25, 0.3) is 11.4 Å². The largest absolute Gasteiger partial charge is 0.355 e. The van der Waals surface area contributed by atoms with Crippen LogP contribution < -0.4 is 5.32 Å².